The Kier molecular flexibility index (Phi) is 4.59. The Morgan fingerprint density at radius 3 is 2.80 bits per heavy atom. The first kappa shape index (κ1) is 15.2. The fourth-order valence-corrected chi connectivity index (χ4v) is 2.94. The van der Waals surface area contributed by atoms with E-state index in [-0.39, 0.29) is 11.9 Å². The van der Waals surface area contributed by atoms with Crippen LogP contribution in [-0.2, 0) is 4.79 Å². The quantitative estimate of drug-likeness (QED) is 0.855. The zero-order valence-corrected chi connectivity index (χ0v) is 14.1. The van der Waals surface area contributed by atoms with Crippen LogP contribution in [0.2, 0.25) is 0 Å². The molecule has 7 heteroatoms. The molecule has 2 aromatic heterocycles. The number of amides is 1. The zero-order valence-electron chi connectivity index (χ0n) is 11.7. The molecule has 0 fully saturated rings. The second-order valence-electron chi connectivity index (χ2n) is 4.51. The van der Waals surface area contributed by atoms with Crippen LogP contribution in [0.1, 0.15) is 26.8 Å². The van der Waals surface area contributed by atoms with Crippen LogP contribution in [0, 0.1) is 4.77 Å². The smallest absolute Gasteiger partial charge is 0.245 e. The van der Waals surface area contributed by atoms with Crippen LogP contribution in [0.4, 0.5) is 0 Å². The van der Waals surface area contributed by atoms with E-state index in [4.69, 9.17) is 12.2 Å². The van der Waals surface area contributed by atoms with E-state index in [2.05, 4.69) is 25.9 Å². The lowest BCUT2D eigenvalue weighted by Gasteiger charge is -2.23. The number of hydrogen-bond donors (Lipinski definition) is 1. The van der Waals surface area contributed by atoms with Crippen molar-refractivity contribution in [1.29, 1.82) is 0 Å². The van der Waals surface area contributed by atoms with E-state index in [1.807, 2.05) is 26.8 Å². The maximum absolute atomic E-state index is 12.5. The van der Waals surface area contributed by atoms with Crippen molar-refractivity contribution in [2.75, 3.05) is 13.1 Å². The molecule has 0 saturated carbocycles. The van der Waals surface area contributed by atoms with E-state index < -0.39 is 0 Å². The van der Waals surface area contributed by atoms with Crippen molar-refractivity contribution in [3.05, 3.63) is 21.5 Å². The van der Waals surface area contributed by atoms with Gasteiger partial charge in [-0.1, -0.05) is 0 Å². The van der Waals surface area contributed by atoms with Gasteiger partial charge in [0.1, 0.15) is 6.04 Å². The molecule has 0 radical (unpaired) electrons. The number of aromatic nitrogens is 3. The van der Waals surface area contributed by atoms with Crippen LogP contribution in [0.3, 0.4) is 0 Å². The highest BCUT2D eigenvalue weighted by molar-refractivity contribution is 9.10. The molecule has 2 rings (SSSR count). The van der Waals surface area contributed by atoms with Crippen molar-refractivity contribution in [3.8, 4) is 0 Å². The molecule has 108 valence electrons. The summed E-state index contributed by atoms with van der Waals surface area (Å²) in [5.41, 5.74) is 1.52. The highest BCUT2D eigenvalue weighted by Gasteiger charge is 2.22. The van der Waals surface area contributed by atoms with Crippen LogP contribution < -0.4 is 0 Å². The van der Waals surface area contributed by atoms with Gasteiger partial charge in [0.05, 0.1) is 5.52 Å². The third-order valence-electron chi connectivity index (χ3n) is 3.34. The third kappa shape index (κ3) is 2.64. The number of imidazole rings is 1. The summed E-state index contributed by atoms with van der Waals surface area (Å²) in [6, 6.07) is 1.54. The van der Waals surface area contributed by atoms with E-state index in [1.165, 1.54) is 0 Å². The first-order valence-electron chi connectivity index (χ1n) is 6.54. The minimum Gasteiger partial charge on any atom is -0.341 e. The number of carbonyl (C=O) groups excluding carboxylic acids is 1. The topological polar surface area (TPSA) is 53.9 Å². The lowest BCUT2D eigenvalue weighted by atomic mass is 10.2. The maximum Gasteiger partial charge on any atom is 0.245 e. The highest BCUT2D eigenvalue weighted by Crippen LogP contribution is 2.21. The molecule has 0 aliphatic carbocycles. The SMILES string of the molecule is CCN(CC)C(=O)C(C)n1c(=S)[nH]c2cc(Br)cnc21. The van der Waals surface area contributed by atoms with E-state index >= 15 is 0 Å². The van der Waals surface area contributed by atoms with Crippen molar-refractivity contribution in [2.24, 2.45) is 0 Å². The summed E-state index contributed by atoms with van der Waals surface area (Å²) in [5, 5.41) is 0. The number of halogens is 1. The number of likely N-dealkylation sites (N-methyl/N-ethyl adjacent to an activating group) is 1. The predicted molar refractivity (Wildman–Crippen MR) is 85.3 cm³/mol. The van der Waals surface area contributed by atoms with Crippen LogP contribution in [0.5, 0.6) is 0 Å². The number of pyridine rings is 1. The third-order valence-corrected chi connectivity index (χ3v) is 4.07. The number of carbonyl (C=O) groups is 1. The summed E-state index contributed by atoms with van der Waals surface area (Å²) in [7, 11) is 0. The molecule has 1 N–H and O–H groups in total. The van der Waals surface area contributed by atoms with E-state index in [0.717, 1.165) is 9.99 Å². The summed E-state index contributed by atoms with van der Waals surface area (Å²) in [6.07, 6.45) is 1.70. The Labute approximate surface area is 131 Å². The normalized spacial score (nSPS) is 12.6. The molecule has 0 bridgehead atoms. The van der Waals surface area contributed by atoms with E-state index in [1.54, 1.807) is 15.7 Å². The summed E-state index contributed by atoms with van der Waals surface area (Å²) in [4.78, 5) is 21.7. The van der Waals surface area contributed by atoms with Gasteiger partial charge in [0.15, 0.2) is 10.4 Å². The highest BCUT2D eigenvalue weighted by atomic mass is 79.9. The average molecular weight is 357 g/mol. The molecule has 2 aromatic rings. The van der Waals surface area contributed by atoms with Gasteiger partial charge in [-0.3, -0.25) is 9.36 Å². The maximum atomic E-state index is 12.5. The molecular weight excluding hydrogens is 340 g/mol. The number of aromatic amines is 1. The van der Waals surface area contributed by atoms with Crippen molar-refractivity contribution in [1.82, 2.24) is 19.4 Å². The molecule has 0 spiro atoms. The molecule has 1 amide bonds. The summed E-state index contributed by atoms with van der Waals surface area (Å²) in [5.74, 6) is 0.0525. The van der Waals surface area contributed by atoms with Crippen LogP contribution in [-0.4, -0.2) is 38.4 Å². The molecule has 5 nitrogen and oxygen atoms in total. The molecule has 20 heavy (non-hydrogen) atoms. The van der Waals surface area contributed by atoms with Gasteiger partial charge in [-0.2, -0.15) is 0 Å². The second kappa shape index (κ2) is 6.05. The van der Waals surface area contributed by atoms with Crippen molar-refractivity contribution >= 4 is 45.2 Å². The Balaban J connectivity index is 2.49. The zero-order chi connectivity index (χ0) is 14.9. The summed E-state index contributed by atoms with van der Waals surface area (Å²) < 4.78 is 3.16. The first-order chi connectivity index (χ1) is 9.49. The van der Waals surface area contributed by atoms with Crippen LogP contribution in [0.15, 0.2) is 16.7 Å². The number of fused-ring (bicyclic) bond motifs is 1. The van der Waals surface area contributed by atoms with Crippen molar-refractivity contribution in [3.63, 3.8) is 0 Å². The first-order valence-corrected chi connectivity index (χ1v) is 7.74. The number of nitrogens with zero attached hydrogens (tertiary/aromatic N) is 3. The van der Waals surface area contributed by atoms with E-state index in [0.29, 0.717) is 23.5 Å². The standard InChI is InChI=1S/C13H17BrN4OS/c1-4-17(5-2)12(19)8(3)18-11-10(16-13(18)20)6-9(14)7-15-11/h6-8H,4-5H2,1-3H3,(H,16,20). The molecule has 0 aliphatic rings. The van der Waals surface area contributed by atoms with Crippen LogP contribution >= 0.6 is 28.1 Å². The molecule has 2 heterocycles. The lowest BCUT2D eigenvalue weighted by Crippen LogP contribution is -2.36. The monoisotopic (exact) mass is 356 g/mol. The van der Waals surface area contributed by atoms with Gasteiger partial charge in [0.2, 0.25) is 5.91 Å². The Bertz CT molecular complexity index is 689. The van der Waals surface area contributed by atoms with Gasteiger partial charge < -0.3 is 9.88 Å². The van der Waals surface area contributed by atoms with Gasteiger partial charge in [0.25, 0.3) is 0 Å². The number of H-pyrrole nitrogens is 1. The van der Waals surface area contributed by atoms with Gasteiger partial charge in [-0.05, 0) is 55.0 Å². The van der Waals surface area contributed by atoms with Crippen molar-refractivity contribution < 1.29 is 4.79 Å². The molecule has 0 aromatic carbocycles. The summed E-state index contributed by atoms with van der Waals surface area (Å²) in [6.45, 7) is 7.17. The van der Waals surface area contributed by atoms with Gasteiger partial charge in [-0.25, -0.2) is 4.98 Å². The lowest BCUT2D eigenvalue weighted by molar-refractivity contribution is -0.133. The molecular formula is C13H17BrN4OS. The largest absolute Gasteiger partial charge is 0.341 e. The molecule has 1 unspecified atom stereocenters. The Morgan fingerprint density at radius 2 is 2.20 bits per heavy atom. The molecule has 0 aliphatic heterocycles. The van der Waals surface area contributed by atoms with Crippen molar-refractivity contribution in [2.45, 2.75) is 26.8 Å². The van der Waals surface area contributed by atoms with Gasteiger partial charge in [-0.15, -0.1) is 0 Å². The number of nitrogens with one attached hydrogen (secondary N) is 1. The summed E-state index contributed by atoms with van der Waals surface area (Å²) >= 11 is 8.71. The fourth-order valence-electron chi connectivity index (χ4n) is 2.26. The minimum atomic E-state index is -0.371. The molecule has 0 saturated heterocycles. The van der Waals surface area contributed by atoms with Crippen LogP contribution in [0.25, 0.3) is 11.2 Å². The Morgan fingerprint density at radius 1 is 1.55 bits per heavy atom. The molecule has 1 atom stereocenters. The fraction of sp³-hybridized carbons (Fsp3) is 0.462. The van der Waals surface area contributed by atoms with Gasteiger partial charge in [0, 0.05) is 23.8 Å². The Hall–Kier alpha value is -1.21. The number of rotatable bonds is 4. The van der Waals surface area contributed by atoms with Gasteiger partial charge >= 0.3 is 0 Å². The minimum absolute atomic E-state index is 0.0525. The average Bonchev–Trinajstić information content (AvgIpc) is 2.74. The predicted octanol–water partition coefficient (Wildman–Crippen LogP) is 3.29. The number of hydrogen-bond acceptors (Lipinski definition) is 3. The van der Waals surface area contributed by atoms with E-state index in [9.17, 15) is 4.79 Å². The second-order valence-corrected chi connectivity index (χ2v) is 5.81.